The number of hydrogen-bond acceptors (Lipinski definition) is 4. The number of piperidine rings is 1. The van der Waals surface area contributed by atoms with Crippen LogP contribution >= 0.6 is 35.7 Å². The lowest BCUT2D eigenvalue weighted by molar-refractivity contribution is 0.198. The molecule has 1 aromatic carbocycles. The normalized spacial score (nSPS) is 15.6. The van der Waals surface area contributed by atoms with Crippen LogP contribution in [0.25, 0.3) is 0 Å². The molecule has 0 unspecified atom stereocenters. The molecule has 3 rings (SSSR count). The Morgan fingerprint density at radius 1 is 1.23 bits per heavy atom. The van der Waals surface area contributed by atoms with Crippen molar-refractivity contribution in [2.75, 3.05) is 38.2 Å². The number of halogens is 2. The van der Waals surface area contributed by atoms with Gasteiger partial charge in [-0.25, -0.2) is 4.39 Å². The number of nitrogens with one attached hydrogen (secondary N) is 2. The molecule has 0 aliphatic carbocycles. The lowest BCUT2D eigenvalue weighted by Gasteiger charge is -2.33. The molecular formula is C22H32FIN4OS. The summed E-state index contributed by atoms with van der Waals surface area (Å²) in [7, 11) is 0. The summed E-state index contributed by atoms with van der Waals surface area (Å²) < 4.78 is 18.5. The lowest BCUT2D eigenvalue weighted by atomic mass is 10.0. The zero-order chi connectivity index (χ0) is 20.3. The molecular weight excluding hydrogens is 514 g/mol. The molecule has 0 radical (unpaired) electrons. The number of hydrogen-bond donors (Lipinski definition) is 2. The summed E-state index contributed by atoms with van der Waals surface area (Å²) >= 11 is 1.81. The van der Waals surface area contributed by atoms with Crippen LogP contribution in [0.1, 0.15) is 24.2 Å². The molecule has 0 spiro atoms. The van der Waals surface area contributed by atoms with Crippen LogP contribution in [-0.4, -0.2) is 55.1 Å². The summed E-state index contributed by atoms with van der Waals surface area (Å²) in [5.41, 5.74) is 1.16. The minimum absolute atomic E-state index is 0. The fraction of sp³-hybridized carbons (Fsp3) is 0.500. The Kier molecular flexibility index (Phi) is 11.6. The van der Waals surface area contributed by atoms with Gasteiger partial charge in [0.05, 0.1) is 12.8 Å². The molecule has 2 heterocycles. The first-order valence-corrected chi connectivity index (χ1v) is 11.7. The van der Waals surface area contributed by atoms with Gasteiger partial charge in [-0.15, -0.1) is 24.0 Å². The van der Waals surface area contributed by atoms with Crippen molar-refractivity contribution in [2.45, 2.75) is 31.8 Å². The first-order chi connectivity index (χ1) is 14.2. The first kappa shape index (κ1) is 25.0. The van der Waals surface area contributed by atoms with Crippen molar-refractivity contribution in [3.63, 3.8) is 0 Å². The maximum absolute atomic E-state index is 13.1. The highest BCUT2D eigenvalue weighted by Gasteiger charge is 2.20. The van der Waals surface area contributed by atoms with E-state index in [9.17, 15) is 4.39 Å². The van der Waals surface area contributed by atoms with Crippen LogP contribution in [0, 0.1) is 5.82 Å². The fourth-order valence-electron chi connectivity index (χ4n) is 3.44. The SMILES string of the molecule is CSCCN=C(NCCc1ccco1)NC1CCN(Cc2ccc(F)cc2)CC1.I. The molecule has 0 bridgehead atoms. The molecule has 1 fully saturated rings. The average molecular weight is 546 g/mol. The Morgan fingerprint density at radius 2 is 2.00 bits per heavy atom. The summed E-state index contributed by atoms with van der Waals surface area (Å²) in [6, 6.07) is 11.2. The van der Waals surface area contributed by atoms with Crippen molar-refractivity contribution in [1.29, 1.82) is 0 Å². The van der Waals surface area contributed by atoms with Crippen molar-refractivity contribution < 1.29 is 8.81 Å². The maximum atomic E-state index is 13.1. The monoisotopic (exact) mass is 546 g/mol. The zero-order valence-electron chi connectivity index (χ0n) is 17.5. The Hall–Kier alpha value is -1.26. The van der Waals surface area contributed by atoms with Crippen LogP contribution in [0.3, 0.4) is 0 Å². The van der Waals surface area contributed by atoms with Gasteiger partial charge in [-0.1, -0.05) is 12.1 Å². The number of guanidine groups is 1. The van der Waals surface area contributed by atoms with E-state index >= 15 is 0 Å². The molecule has 1 aromatic heterocycles. The molecule has 0 amide bonds. The van der Waals surface area contributed by atoms with Crippen LogP contribution < -0.4 is 10.6 Å². The summed E-state index contributed by atoms with van der Waals surface area (Å²) in [6.07, 6.45) is 6.79. The Bertz CT molecular complexity index is 734. The molecule has 1 saturated heterocycles. The summed E-state index contributed by atoms with van der Waals surface area (Å²) in [5.74, 6) is 2.71. The molecule has 5 nitrogen and oxygen atoms in total. The van der Waals surface area contributed by atoms with Crippen molar-refractivity contribution in [3.05, 3.63) is 59.8 Å². The van der Waals surface area contributed by atoms with Gasteiger partial charge in [0.25, 0.3) is 0 Å². The summed E-state index contributed by atoms with van der Waals surface area (Å²) in [6.45, 7) is 4.53. The van der Waals surface area contributed by atoms with Crippen LogP contribution in [0.4, 0.5) is 4.39 Å². The van der Waals surface area contributed by atoms with E-state index in [0.717, 1.165) is 75.0 Å². The molecule has 166 valence electrons. The van der Waals surface area contributed by atoms with Crippen molar-refractivity contribution in [3.8, 4) is 0 Å². The molecule has 0 atom stereocenters. The molecule has 1 aliphatic heterocycles. The molecule has 8 heteroatoms. The molecule has 2 N–H and O–H groups in total. The smallest absolute Gasteiger partial charge is 0.191 e. The Morgan fingerprint density at radius 3 is 2.67 bits per heavy atom. The second-order valence-electron chi connectivity index (χ2n) is 7.30. The highest BCUT2D eigenvalue weighted by atomic mass is 127. The lowest BCUT2D eigenvalue weighted by Crippen LogP contribution is -2.49. The van der Waals surface area contributed by atoms with E-state index in [1.54, 1.807) is 18.0 Å². The number of thioether (sulfide) groups is 1. The first-order valence-electron chi connectivity index (χ1n) is 10.3. The van der Waals surface area contributed by atoms with Gasteiger partial charge in [0.2, 0.25) is 0 Å². The van der Waals surface area contributed by atoms with E-state index in [2.05, 4.69) is 21.8 Å². The van der Waals surface area contributed by atoms with Gasteiger partial charge in [-0.05, 0) is 48.9 Å². The van der Waals surface area contributed by atoms with Gasteiger partial charge in [-0.3, -0.25) is 9.89 Å². The molecule has 1 aliphatic rings. The number of furan rings is 1. The van der Waals surface area contributed by atoms with E-state index in [1.807, 2.05) is 24.3 Å². The zero-order valence-corrected chi connectivity index (χ0v) is 20.6. The van der Waals surface area contributed by atoms with Crippen molar-refractivity contribution >= 4 is 41.7 Å². The van der Waals surface area contributed by atoms with Crippen LogP contribution in [0.5, 0.6) is 0 Å². The van der Waals surface area contributed by atoms with Gasteiger partial charge in [-0.2, -0.15) is 11.8 Å². The highest BCUT2D eigenvalue weighted by molar-refractivity contribution is 14.0. The maximum Gasteiger partial charge on any atom is 0.191 e. The quantitative estimate of drug-likeness (QED) is 0.214. The number of benzene rings is 1. The molecule has 0 saturated carbocycles. The average Bonchev–Trinajstić information content (AvgIpc) is 3.25. The predicted molar refractivity (Wildman–Crippen MR) is 134 cm³/mol. The minimum Gasteiger partial charge on any atom is -0.469 e. The van der Waals surface area contributed by atoms with Gasteiger partial charge >= 0.3 is 0 Å². The molecule has 30 heavy (non-hydrogen) atoms. The summed E-state index contributed by atoms with van der Waals surface area (Å²) in [4.78, 5) is 7.15. The highest BCUT2D eigenvalue weighted by Crippen LogP contribution is 2.14. The van der Waals surface area contributed by atoms with E-state index in [0.29, 0.717) is 6.04 Å². The van der Waals surface area contributed by atoms with Gasteiger partial charge in [0.15, 0.2) is 5.96 Å². The van der Waals surface area contributed by atoms with Crippen LogP contribution in [0.15, 0.2) is 52.1 Å². The third kappa shape index (κ3) is 8.85. The van der Waals surface area contributed by atoms with Gasteiger partial charge in [0, 0.05) is 44.4 Å². The van der Waals surface area contributed by atoms with E-state index in [4.69, 9.17) is 9.41 Å². The number of rotatable bonds is 9. The van der Waals surface area contributed by atoms with Crippen LogP contribution in [-0.2, 0) is 13.0 Å². The van der Waals surface area contributed by atoms with E-state index in [1.165, 1.54) is 12.1 Å². The van der Waals surface area contributed by atoms with Crippen LogP contribution in [0.2, 0.25) is 0 Å². The summed E-state index contributed by atoms with van der Waals surface area (Å²) in [5, 5.41) is 7.05. The number of likely N-dealkylation sites (tertiary alicyclic amines) is 1. The predicted octanol–water partition coefficient (Wildman–Crippen LogP) is 4.14. The molecule has 2 aromatic rings. The fourth-order valence-corrected chi connectivity index (χ4v) is 3.71. The topological polar surface area (TPSA) is 52.8 Å². The van der Waals surface area contributed by atoms with Crippen molar-refractivity contribution in [2.24, 2.45) is 4.99 Å². The third-order valence-electron chi connectivity index (χ3n) is 5.06. The van der Waals surface area contributed by atoms with E-state index in [-0.39, 0.29) is 29.8 Å². The van der Waals surface area contributed by atoms with Gasteiger partial charge < -0.3 is 15.1 Å². The number of aliphatic imine (C=N–C) groups is 1. The minimum atomic E-state index is -0.176. The Balaban J connectivity index is 0.00000320. The van der Waals surface area contributed by atoms with Gasteiger partial charge in [0.1, 0.15) is 11.6 Å². The number of nitrogens with zero attached hydrogens (tertiary/aromatic N) is 2. The largest absolute Gasteiger partial charge is 0.469 e. The second kappa shape index (κ2) is 13.9. The standard InChI is InChI=1S/C22H31FN4OS.HI/c1-29-16-12-25-22(24-11-8-21-3-2-15-28-21)26-20-9-13-27(14-10-20)17-18-4-6-19(23)7-5-18;/h2-7,15,20H,8-14,16-17H2,1H3,(H2,24,25,26);1H. The van der Waals surface area contributed by atoms with Crippen molar-refractivity contribution in [1.82, 2.24) is 15.5 Å². The Labute approximate surface area is 200 Å². The second-order valence-corrected chi connectivity index (χ2v) is 8.29. The van der Waals surface area contributed by atoms with E-state index < -0.39 is 0 Å². The third-order valence-corrected chi connectivity index (χ3v) is 5.65.